The van der Waals surface area contributed by atoms with Gasteiger partial charge in [-0.15, -0.1) is 0 Å². The molecule has 0 bridgehead atoms. The molecule has 1 amide bonds. The summed E-state index contributed by atoms with van der Waals surface area (Å²) < 4.78 is 51.0. The number of aryl methyl sites for hydroxylation is 1. The molecule has 1 heterocycles. The van der Waals surface area contributed by atoms with Crippen LogP contribution in [0.2, 0.25) is 0 Å². The van der Waals surface area contributed by atoms with Crippen molar-refractivity contribution in [3.8, 4) is 0 Å². The number of carbonyl (C=O) groups excluding carboxylic acids is 1. The maximum absolute atomic E-state index is 12.4. The van der Waals surface area contributed by atoms with Crippen LogP contribution in [0.4, 0.5) is 5.13 Å². The van der Waals surface area contributed by atoms with E-state index in [0.717, 1.165) is 21.2 Å². The van der Waals surface area contributed by atoms with Crippen molar-refractivity contribution in [3.05, 3.63) is 48.0 Å². The normalized spacial score (nSPS) is 12.4. The lowest BCUT2D eigenvalue weighted by Gasteiger charge is -2.10. The average Bonchev–Trinajstić information content (AvgIpc) is 3.09. The second-order valence-electron chi connectivity index (χ2n) is 7.22. The number of aromatic nitrogens is 1. The van der Waals surface area contributed by atoms with Crippen LogP contribution in [0.25, 0.3) is 10.2 Å². The molecule has 0 spiro atoms. The van der Waals surface area contributed by atoms with Crippen LogP contribution in [0.3, 0.4) is 0 Å². The molecule has 0 unspecified atom stereocenters. The number of fused-ring (bicyclic) bond motifs is 1. The number of benzene rings is 2. The molecule has 3 rings (SSSR count). The van der Waals surface area contributed by atoms with Crippen LogP contribution < -0.4 is 5.32 Å². The first-order valence-corrected chi connectivity index (χ1v) is 13.3. The first kappa shape index (κ1) is 23.3. The lowest BCUT2D eigenvalue weighted by molar-refractivity contribution is -0.116. The highest BCUT2D eigenvalue weighted by atomic mass is 32.2. The van der Waals surface area contributed by atoms with Gasteiger partial charge in [0, 0.05) is 20.5 Å². The molecule has 3 aromatic rings. The van der Waals surface area contributed by atoms with E-state index in [1.54, 1.807) is 30.3 Å². The van der Waals surface area contributed by atoms with Crippen LogP contribution in [0.15, 0.2) is 52.3 Å². The first-order valence-electron chi connectivity index (χ1n) is 9.41. The van der Waals surface area contributed by atoms with Crippen LogP contribution in [0.5, 0.6) is 0 Å². The number of carbonyl (C=O) groups is 1. The van der Waals surface area contributed by atoms with Crippen molar-refractivity contribution < 1.29 is 21.6 Å². The van der Waals surface area contributed by atoms with Gasteiger partial charge in [-0.3, -0.25) is 4.79 Å². The summed E-state index contributed by atoms with van der Waals surface area (Å²) in [6.45, 7) is 1.88. The molecule has 1 aromatic heterocycles. The van der Waals surface area contributed by atoms with E-state index < -0.39 is 19.9 Å². The number of nitrogens with one attached hydrogen (secondary N) is 1. The van der Waals surface area contributed by atoms with E-state index in [2.05, 4.69) is 10.3 Å². The summed E-state index contributed by atoms with van der Waals surface area (Å²) in [4.78, 5) is 16.9. The fourth-order valence-electron chi connectivity index (χ4n) is 2.80. The summed E-state index contributed by atoms with van der Waals surface area (Å²) in [5.41, 5.74) is 1.54. The van der Waals surface area contributed by atoms with Crippen molar-refractivity contribution in [3.63, 3.8) is 0 Å². The molecule has 0 aliphatic heterocycles. The van der Waals surface area contributed by atoms with Crippen molar-refractivity contribution in [2.24, 2.45) is 0 Å². The van der Waals surface area contributed by atoms with Crippen LogP contribution in [0, 0.1) is 6.92 Å². The third kappa shape index (κ3) is 5.48. The Hall–Kier alpha value is -2.34. The average molecular weight is 482 g/mol. The van der Waals surface area contributed by atoms with Crippen molar-refractivity contribution in [2.75, 3.05) is 25.2 Å². The maximum atomic E-state index is 12.4. The number of hydrogen-bond donors (Lipinski definition) is 1. The fraction of sp³-hybridized carbons (Fsp3) is 0.300. The Balaban J connectivity index is 1.62. The summed E-state index contributed by atoms with van der Waals surface area (Å²) in [7, 11) is -4.10. The van der Waals surface area contributed by atoms with Crippen LogP contribution in [0.1, 0.15) is 18.4 Å². The van der Waals surface area contributed by atoms with Gasteiger partial charge >= 0.3 is 0 Å². The van der Waals surface area contributed by atoms with Gasteiger partial charge in [-0.1, -0.05) is 29.0 Å². The molecular formula is C20H23N3O5S3. The Morgan fingerprint density at radius 1 is 1.03 bits per heavy atom. The molecule has 0 aliphatic carbocycles. The quantitative estimate of drug-likeness (QED) is 0.529. The number of thiazole rings is 1. The standard InChI is InChI=1S/C20H23N3O5S3/c1-14-6-8-15(9-7-14)30(25,26)12-4-5-19(24)22-20-21-17-11-10-16(13-18(17)29-20)31(27,28)23(2)3/h6-11,13H,4-5,12H2,1-3H3,(H,21,22,24). The van der Waals surface area contributed by atoms with Crippen LogP contribution >= 0.6 is 11.3 Å². The topological polar surface area (TPSA) is 114 Å². The van der Waals surface area contributed by atoms with Gasteiger partial charge < -0.3 is 5.32 Å². The number of hydrogen-bond acceptors (Lipinski definition) is 7. The van der Waals surface area contributed by atoms with Crippen LogP contribution in [-0.4, -0.2) is 51.9 Å². The fourth-order valence-corrected chi connectivity index (χ4v) is 6.03. The molecule has 2 aromatic carbocycles. The monoisotopic (exact) mass is 481 g/mol. The Bertz CT molecular complexity index is 1310. The number of nitrogens with zero attached hydrogens (tertiary/aromatic N) is 2. The van der Waals surface area contributed by atoms with Crippen molar-refractivity contribution in [1.82, 2.24) is 9.29 Å². The van der Waals surface area contributed by atoms with E-state index >= 15 is 0 Å². The molecule has 166 valence electrons. The summed E-state index contributed by atoms with van der Waals surface area (Å²) in [6.07, 6.45) is 0.208. The molecule has 0 fully saturated rings. The van der Waals surface area contributed by atoms with E-state index in [1.165, 1.54) is 26.2 Å². The van der Waals surface area contributed by atoms with Gasteiger partial charge in [-0.2, -0.15) is 0 Å². The van der Waals surface area contributed by atoms with E-state index in [9.17, 15) is 21.6 Å². The minimum absolute atomic E-state index is 0.0290. The van der Waals surface area contributed by atoms with E-state index in [4.69, 9.17) is 0 Å². The highest BCUT2D eigenvalue weighted by Crippen LogP contribution is 2.29. The molecule has 0 saturated carbocycles. The smallest absolute Gasteiger partial charge is 0.242 e. The second kappa shape index (κ2) is 9.03. The highest BCUT2D eigenvalue weighted by Gasteiger charge is 2.19. The van der Waals surface area contributed by atoms with Gasteiger partial charge in [0.25, 0.3) is 0 Å². The number of anilines is 1. The van der Waals surface area contributed by atoms with E-state index in [0.29, 0.717) is 15.3 Å². The number of sulfonamides is 1. The van der Waals surface area contributed by atoms with Gasteiger partial charge in [-0.05, 0) is 43.7 Å². The third-order valence-corrected chi connectivity index (χ3v) is 9.14. The Labute approximate surface area is 185 Å². The zero-order chi connectivity index (χ0) is 22.8. The Morgan fingerprint density at radius 2 is 1.68 bits per heavy atom. The van der Waals surface area contributed by atoms with Crippen molar-refractivity contribution in [2.45, 2.75) is 29.6 Å². The van der Waals surface area contributed by atoms with Gasteiger partial charge in [-0.25, -0.2) is 26.1 Å². The minimum Gasteiger partial charge on any atom is -0.302 e. The highest BCUT2D eigenvalue weighted by molar-refractivity contribution is 7.91. The molecular weight excluding hydrogens is 458 g/mol. The third-order valence-electron chi connectivity index (χ3n) is 4.58. The number of rotatable bonds is 8. The zero-order valence-corrected chi connectivity index (χ0v) is 19.8. The minimum atomic E-state index is -3.57. The van der Waals surface area contributed by atoms with Gasteiger partial charge in [0.15, 0.2) is 15.0 Å². The van der Waals surface area contributed by atoms with Crippen molar-refractivity contribution >= 4 is 52.5 Å². The summed E-state index contributed by atoms with van der Waals surface area (Å²) in [5, 5.41) is 2.99. The van der Waals surface area contributed by atoms with E-state index in [-0.39, 0.29) is 34.3 Å². The summed E-state index contributed by atoms with van der Waals surface area (Å²) in [6, 6.07) is 11.2. The van der Waals surface area contributed by atoms with Crippen molar-refractivity contribution in [1.29, 1.82) is 0 Å². The molecule has 8 nitrogen and oxygen atoms in total. The van der Waals surface area contributed by atoms with E-state index in [1.807, 2.05) is 6.92 Å². The number of amides is 1. The lowest BCUT2D eigenvalue weighted by Crippen LogP contribution is -2.22. The Morgan fingerprint density at radius 3 is 2.32 bits per heavy atom. The zero-order valence-electron chi connectivity index (χ0n) is 17.3. The summed E-state index contributed by atoms with van der Waals surface area (Å²) in [5.74, 6) is -0.478. The van der Waals surface area contributed by atoms with Gasteiger partial charge in [0.05, 0.1) is 25.8 Å². The lowest BCUT2D eigenvalue weighted by atomic mass is 10.2. The molecule has 1 N–H and O–H groups in total. The molecule has 0 saturated heterocycles. The maximum Gasteiger partial charge on any atom is 0.242 e. The summed E-state index contributed by atoms with van der Waals surface area (Å²) >= 11 is 1.16. The predicted molar refractivity (Wildman–Crippen MR) is 122 cm³/mol. The predicted octanol–water partition coefficient (Wildman–Crippen LogP) is 3.05. The van der Waals surface area contributed by atoms with Gasteiger partial charge in [0.2, 0.25) is 15.9 Å². The molecule has 0 atom stereocenters. The molecule has 11 heteroatoms. The molecule has 0 aliphatic rings. The SMILES string of the molecule is Cc1ccc(S(=O)(=O)CCCC(=O)Nc2nc3ccc(S(=O)(=O)N(C)C)cc3s2)cc1. The molecule has 31 heavy (non-hydrogen) atoms. The second-order valence-corrected chi connectivity index (χ2v) is 12.5. The first-order chi connectivity index (χ1) is 14.5. The number of sulfone groups is 1. The Kier molecular flexibility index (Phi) is 6.79. The molecule has 0 radical (unpaired) electrons. The largest absolute Gasteiger partial charge is 0.302 e. The van der Waals surface area contributed by atoms with Gasteiger partial charge in [0.1, 0.15) is 0 Å². The van der Waals surface area contributed by atoms with Crippen LogP contribution in [-0.2, 0) is 24.7 Å².